The van der Waals surface area contributed by atoms with Gasteiger partial charge in [-0.3, -0.25) is 9.69 Å². The fourth-order valence-corrected chi connectivity index (χ4v) is 2.83. The molecule has 2 aliphatic heterocycles. The first-order valence-electron chi connectivity index (χ1n) is 6.33. The topological polar surface area (TPSA) is 38.8 Å². The maximum atomic E-state index is 11.3. The predicted octanol–water partition coefficient (Wildman–Crippen LogP) is 1.58. The van der Waals surface area contributed by atoms with E-state index >= 15 is 0 Å². The highest BCUT2D eigenvalue weighted by molar-refractivity contribution is 5.73. The average Bonchev–Trinajstić information content (AvgIpc) is 2.91. The van der Waals surface area contributed by atoms with Crippen LogP contribution in [0.2, 0.25) is 0 Å². The van der Waals surface area contributed by atoms with Gasteiger partial charge in [0.1, 0.15) is 11.9 Å². The molecule has 0 radical (unpaired) electrons. The molecule has 3 rings (SSSR count). The lowest BCUT2D eigenvalue weighted by Gasteiger charge is -2.21. The number of benzene rings is 1. The summed E-state index contributed by atoms with van der Waals surface area (Å²) in [5.41, 5.74) is 1.25. The maximum Gasteiger partial charge on any atom is 0.307 e. The van der Waals surface area contributed by atoms with Crippen LogP contribution in [0.1, 0.15) is 18.4 Å². The number of hydrogen-bond donors (Lipinski definition) is 0. The van der Waals surface area contributed by atoms with Gasteiger partial charge in [-0.1, -0.05) is 12.1 Å². The third-order valence-corrected chi connectivity index (χ3v) is 3.80. The molecule has 1 aromatic carbocycles. The Morgan fingerprint density at radius 2 is 2.17 bits per heavy atom. The first kappa shape index (κ1) is 11.5. The molecule has 2 fully saturated rings. The molecule has 1 aromatic rings. The van der Waals surface area contributed by atoms with Crippen molar-refractivity contribution in [3.63, 3.8) is 0 Å². The molecule has 0 unspecified atom stereocenters. The highest BCUT2D eigenvalue weighted by Gasteiger charge is 2.43. The molecular formula is C14H17NO3. The molecule has 2 aliphatic rings. The van der Waals surface area contributed by atoms with Gasteiger partial charge < -0.3 is 9.47 Å². The minimum atomic E-state index is -0.0515. The van der Waals surface area contributed by atoms with Crippen molar-refractivity contribution in [2.24, 2.45) is 0 Å². The van der Waals surface area contributed by atoms with Crippen LogP contribution in [0.4, 0.5) is 0 Å². The summed E-state index contributed by atoms with van der Waals surface area (Å²) in [5.74, 6) is 0.821. The Morgan fingerprint density at radius 1 is 1.39 bits per heavy atom. The number of nitrogens with zero attached hydrogens (tertiary/aromatic N) is 1. The van der Waals surface area contributed by atoms with E-state index in [0.29, 0.717) is 6.42 Å². The lowest BCUT2D eigenvalue weighted by atomic mass is 10.1. The average molecular weight is 247 g/mol. The first-order valence-corrected chi connectivity index (χ1v) is 6.33. The summed E-state index contributed by atoms with van der Waals surface area (Å²) in [5, 5.41) is 0. The standard InChI is InChI=1S/C14H17NO3/c1-17-11-4-2-10(3-5-11)9-15-7-6-13-12(15)8-14(16)18-13/h2-5,12-13H,6-9H2,1H3/t12-,13-/m1/s1. The van der Waals surface area contributed by atoms with Crippen molar-refractivity contribution >= 4 is 5.97 Å². The summed E-state index contributed by atoms with van der Waals surface area (Å²) in [6.45, 7) is 1.89. The minimum Gasteiger partial charge on any atom is -0.497 e. The van der Waals surface area contributed by atoms with Gasteiger partial charge in [0.05, 0.1) is 19.6 Å². The number of carbonyl (C=O) groups is 1. The summed E-state index contributed by atoms with van der Waals surface area (Å²) in [4.78, 5) is 13.6. The van der Waals surface area contributed by atoms with E-state index < -0.39 is 0 Å². The van der Waals surface area contributed by atoms with Gasteiger partial charge >= 0.3 is 5.97 Å². The van der Waals surface area contributed by atoms with Crippen LogP contribution in [-0.4, -0.2) is 36.7 Å². The molecule has 2 atom stereocenters. The second-order valence-corrected chi connectivity index (χ2v) is 4.91. The van der Waals surface area contributed by atoms with E-state index in [2.05, 4.69) is 17.0 Å². The van der Waals surface area contributed by atoms with Crippen molar-refractivity contribution in [3.8, 4) is 5.75 Å². The lowest BCUT2D eigenvalue weighted by molar-refractivity contribution is -0.141. The number of fused-ring (bicyclic) bond motifs is 1. The van der Waals surface area contributed by atoms with E-state index in [1.54, 1.807) is 7.11 Å². The Morgan fingerprint density at radius 3 is 2.89 bits per heavy atom. The van der Waals surface area contributed by atoms with Gasteiger partial charge in [0.15, 0.2) is 0 Å². The molecule has 2 saturated heterocycles. The van der Waals surface area contributed by atoms with Crippen molar-refractivity contribution < 1.29 is 14.3 Å². The molecule has 0 amide bonds. The SMILES string of the molecule is COc1ccc(CN2CC[C@H]3OC(=O)C[C@H]32)cc1. The molecule has 0 bridgehead atoms. The highest BCUT2D eigenvalue weighted by Crippen LogP contribution is 2.31. The fourth-order valence-electron chi connectivity index (χ4n) is 2.83. The zero-order chi connectivity index (χ0) is 12.5. The molecule has 0 saturated carbocycles. The highest BCUT2D eigenvalue weighted by atomic mass is 16.6. The van der Waals surface area contributed by atoms with Gasteiger partial charge in [0, 0.05) is 13.1 Å². The van der Waals surface area contributed by atoms with Crippen molar-refractivity contribution in [2.45, 2.75) is 31.5 Å². The molecule has 0 N–H and O–H groups in total. The zero-order valence-corrected chi connectivity index (χ0v) is 10.5. The fraction of sp³-hybridized carbons (Fsp3) is 0.500. The molecule has 18 heavy (non-hydrogen) atoms. The van der Waals surface area contributed by atoms with Crippen molar-refractivity contribution in [1.82, 2.24) is 4.90 Å². The largest absolute Gasteiger partial charge is 0.497 e. The van der Waals surface area contributed by atoms with Gasteiger partial charge in [-0.05, 0) is 24.1 Å². The van der Waals surface area contributed by atoms with Crippen LogP contribution < -0.4 is 4.74 Å². The number of likely N-dealkylation sites (tertiary alicyclic amines) is 1. The van der Waals surface area contributed by atoms with Crippen LogP contribution in [0.25, 0.3) is 0 Å². The Bertz CT molecular complexity index is 443. The summed E-state index contributed by atoms with van der Waals surface area (Å²) in [6, 6.07) is 8.37. The number of esters is 1. The van der Waals surface area contributed by atoms with Crippen LogP contribution in [0.3, 0.4) is 0 Å². The smallest absolute Gasteiger partial charge is 0.307 e. The summed E-state index contributed by atoms with van der Waals surface area (Å²) < 4.78 is 10.4. The third kappa shape index (κ3) is 2.08. The zero-order valence-electron chi connectivity index (χ0n) is 10.5. The third-order valence-electron chi connectivity index (χ3n) is 3.80. The number of rotatable bonds is 3. The van der Waals surface area contributed by atoms with E-state index in [1.165, 1.54) is 5.56 Å². The van der Waals surface area contributed by atoms with E-state index in [0.717, 1.165) is 25.3 Å². The van der Waals surface area contributed by atoms with Crippen molar-refractivity contribution in [2.75, 3.05) is 13.7 Å². The Balaban J connectivity index is 1.67. The van der Waals surface area contributed by atoms with Gasteiger partial charge in [0.2, 0.25) is 0 Å². The molecule has 0 spiro atoms. The summed E-state index contributed by atoms with van der Waals surface area (Å²) in [7, 11) is 1.67. The number of ether oxygens (including phenoxy) is 2. The molecule has 0 aromatic heterocycles. The maximum absolute atomic E-state index is 11.3. The van der Waals surface area contributed by atoms with Gasteiger partial charge in [-0.25, -0.2) is 0 Å². The monoisotopic (exact) mass is 247 g/mol. The molecule has 96 valence electrons. The van der Waals surface area contributed by atoms with Crippen LogP contribution in [-0.2, 0) is 16.1 Å². The molecule has 0 aliphatic carbocycles. The van der Waals surface area contributed by atoms with E-state index in [9.17, 15) is 4.79 Å². The van der Waals surface area contributed by atoms with Crippen molar-refractivity contribution in [3.05, 3.63) is 29.8 Å². The van der Waals surface area contributed by atoms with Crippen LogP contribution in [0.5, 0.6) is 5.75 Å². The Labute approximate surface area is 106 Å². The second kappa shape index (κ2) is 4.61. The number of hydrogen-bond acceptors (Lipinski definition) is 4. The van der Waals surface area contributed by atoms with Crippen LogP contribution >= 0.6 is 0 Å². The first-order chi connectivity index (χ1) is 8.76. The number of carbonyl (C=O) groups excluding carboxylic acids is 1. The molecule has 4 nitrogen and oxygen atoms in total. The summed E-state index contributed by atoms with van der Waals surface area (Å²) in [6.07, 6.45) is 1.63. The number of methoxy groups -OCH3 is 1. The Hall–Kier alpha value is -1.55. The van der Waals surface area contributed by atoms with E-state index in [-0.39, 0.29) is 18.1 Å². The Kier molecular flexibility index (Phi) is 2.96. The van der Waals surface area contributed by atoms with Crippen LogP contribution in [0, 0.1) is 0 Å². The van der Waals surface area contributed by atoms with Crippen LogP contribution in [0.15, 0.2) is 24.3 Å². The van der Waals surface area contributed by atoms with Crippen molar-refractivity contribution in [1.29, 1.82) is 0 Å². The van der Waals surface area contributed by atoms with E-state index in [4.69, 9.17) is 9.47 Å². The quantitative estimate of drug-likeness (QED) is 0.760. The lowest BCUT2D eigenvalue weighted by Crippen LogP contribution is -2.31. The molecule has 4 heteroatoms. The molecular weight excluding hydrogens is 230 g/mol. The minimum absolute atomic E-state index is 0.0515. The molecule has 2 heterocycles. The normalized spacial score (nSPS) is 27.1. The van der Waals surface area contributed by atoms with Gasteiger partial charge in [0.25, 0.3) is 0 Å². The van der Waals surface area contributed by atoms with E-state index in [1.807, 2.05) is 12.1 Å². The van der Waals surface area contributed by atoms with Gasteiger partial charge in [-0.15, -0.1) is 0 Å². The second-order valence-electron chi connectivity index (χ2n) is 4.91. The predicted molar refractivity (Wildman–Crippen MR) is 66.3 cm³/mol. The summed E-state index contributed by atoms with van der Waals surface area (Å²) >= 11 is 0. The van der Waals surface area contributed by atoms with Gasteiger partial charge in [-0.2, -0.15) is 0 Å².